The third kappa shape index (κ3) is 6.62. The summed E-state index contributed by atoms with van der Waals surface area (Å²) in [5.41, 5.74) is 4.00. The molecule has 0 saturated heterocycles. The van der Waals surface area contributed by atoms with Crippen LogP contribution in [0.3, 0.4) is 0 Å². The number of likely N-dealkylation sites (N-methyl/N-ethyl adjacent to an activating group) is 1. The van der Waals surface area contributed by atoms with E-state index in [0.29, 0.717) is 11.3 Å². The minimum Gasteiger partial charge on any atom is -0.398 e. The molecular formula is C21H21Cl2N3O3. The first-order valence-corrected chi connectivity index (χ1v) is 9.43. The quantitative estimate of drug-likeness (QED) is 0.491. The van der Waals surface area contributed by atoms with E-state index in [0.717, 1.165) is 16.7 Å². The molecule has 6 nitrogen and oxygen atoms in total. The van der Waals surface area contributed by atoms with Gasteiger partial charge in [0.25, 0.3) is 5.91 Å². The maximum absolute atomic E-state index is 12.1. The van der Waals surface area contributed by atoms with Crippen molar-refractivity contribution in [3.63, 3.8) is 0 Å². The molecule has 1 amide bonds. The topological polar surface area (TPSA) is 72.3 Å². The number of hydrogen-bond acceptors (Lipinski definition) is 5. The van der Waals surface area contributed by atoms with Crippen LogP contribution in [-0.4, -0.2) is 31.5 Å². The van der Waals surface area contributed by atoms with Crippen molar-refractivity contribution in [1.29, 1.82) is 0 Å². The molecule has 0 unspecified atom stereocenters. The van der Waals surface area contributed by atoms with Crippen molar-refractivity contribution in [3.8, 4) is 0 Å². The van der Waals surface area contributed by atoms with Gasteiger partial charge in [0.15, 0.2) is 5.71 Å². The van der Waals surface area contributed by atoms with E-state index in [1.165, 1.54) is 14.2 Å². The van der Waals surface area contributed by atoms with Crippen molar-refractivity contribution in [2.45, 2.75) is 13.5 Å². The van der Waals surface area contributed by atoms with Crippen LogP contribution in [0.1, 0.15) is 29.2 Å². The van der Waals surface area contributed by atoms with E-state index < -0.39 is 0 Å². The monoisotopic (exact) mass is 433 g/mol. The van der Waals surface area contributed by atoms with Crippen molar-refractivity contribution in [2.24, 2.45) is 10.3 Å². The predicted octanol–water partition coefficient (Wildman–Crippen LogP) is 4.50. The maximum Gasteiger partial charge on any atom is 0.273 e. The highest BCUT2D eigenvalue weighted by molar-refractivity contribution is 6.57. The summed E-state index contributed by atoms with van der Waals surface area (Å²) in [5.74, 6) is -0.356. The number of carbonyl (C=O) groups excluding carboxylic acids is 1. The van der Waals surface area contributed by atoms with Gasteiger partial charge in [-0.3, -0.25) is 4.79 Å². The number of benzene rings is 2. The van der Waals surface area contributed by atoms with Gasteiger partial charge in [0.1, 0.15) is 18.2 Å². The van der Waals surface area contributed by atoms with Crippen molar-refractivity contribution in [3.05, 3.63) is 75.3 Å². The highest BCUT2D eigenvalue weighted by atomic mass is 35.5. The fraction of sp³-hybridized carbons (Fsp3) is 0.190. The minimum absolute atomic E-state index is 0.163. The average Bonchev–Trinajstić information content (AvgIpc) is 2.72. The average molecular weight is 434 g/mol. The van der Waals surface area contributed by atoms with Gasteiger partial charge >= 0.3 is 0 Å². The molecule has 0 aliphatic rings. The second kappa shape index (κ2) is 11.2. The van der Waals surface area contributed by atoms with E-state index in [1.54, 1.807) is 12.1 Å². The SMILES string of the molecule is CNC(=O)/C(=N/OC)c1ccccc1CON=C(C)c1ccc(C=C(Cl)Cl)cc1. The molecule has 0 saturated carbocycles. The van der Waals surface area contributed by atoms with Gasteiger partial charge in [0, 0.05) is 18.2 Å². The lowest BCUT2D eigenvalue weighted by molar-refractivity contribution is -0.114. The number of carbonyl (C=O) groups is 1. The van der Waals surface area contributed by atoms with Gasteiger partial charge in [0.2, 0.25) is 0 Å². The molecular weight excluding hydrogens is 413 g/mol. The van der Waals surface area contributed by atoms with E-state index in [1.807, 2.05) is 49.4 Å². The lowest BCUT2D eigenvalue weighted by atomic mass is 10.0. The van der Waals surface area contributed by atoms with Crippen molar-refractivity contribution < 1.29 is 14.5 Å². The molecule has 0 aliphatic carbocycles. The Morgan fingerprint density at radius 3 is 2.41 bits per heavy atom. The molecule has 0 radical (unpaired) electrons. The number of amides is 1. The van der Waals surface area contributed by atoms with Gasteiger partial charge in [0.05, 0.1) is 5.71 Å². The maximum atomic E-state index is 12.1. The van der Waals surface area contributed by atoms with Crippen molar-refractivity contribution in [2.75, 3.05) is 14.2 Å². The van der Waals surface area contributed by atoms with E-state index in [4.69, 9.17) is 32.9 Å². The summed E-state index contributed by atoms with van der Waals surface area (Å²) in [5, 5.41) is 10.6. The Kier molecular flexibility index (Phi) is 8.70. The third-order valence-corrected chi connectivity index (χ3v) is 4.14. The summed E-state index contributed by atoms with van der Waals surface area (Å²) < 4.78 is 0.193. The van der Waals surface area contributed by atoms with Gasteiger partial charge < -0.3 is 15.0 Å². The van der Waals surface area contributed by atoms with E-state index in [-0.39, 0.29) is 22.7 Å². The van der Waals surface area contributed by atoms with Crippen LogP contribution in [0.2, 0.25) is 0 Å². The van der Waals surface area contributed by atoms with E-state index in [2.05, 4.69) is 15.6 Å². The van der Waals surface area contributed by atoms with Gasteiger partial charge in [-0.05, 0) is 24.1 Å². The van der Waals surface area contributed by atoms with Gasteiger partial charge in [-0.15, -0.1) is 0 Å². The molecule has 0 aromatic heterocycles. The molecule has 0 fully saturated rings. The molecule has 0 atom stereocenters. The number of nitrogens with zero attached hydrogens (tertiary/aromatic N) is 2. The molecule has 0 spiro atoms. The second-order valence-electron chi connectivity index (χ2n) is 5.86. The molecule has 2 aromatic carbocycles. The number of halogens is 2. The molecule has 8 heteroatoms. The molecule has 29 heavy (non-hydrogen) atoms. The predicted molar refractivity (Wildman–Crippen MR) is 117 cm³/mol. The lowest BCUT2D eigenvalue weighted by Crippen LogP contribution is -2.29. The Labute approximate surface area is 179 Å². The minimum atomic E-state index is -0.356. The Hall–Kier alpha value is -2.83. The van der Waals surface area contributed by atoms with Gasteiger partial charge in [-0.1, -0.05) is 82.0 Å². The highest BCUT2D eigenvalue weighted by Gasteiger charge is 2.17. The standard InChI is InChI=1S/C21H21Cl2N3O3/c1-14(16-10-8-15(9-11-16)12-19(22)23)25-29-13-17-6-4-5-7-18(17)20(26-28-3)21(27)24-2/h4-12H,13H2,1-3H3,(H,24,27)/b25-14?,26-20+. The van der Waals surface area contributed by atoms with E-state index >= 15 is 0 Å². The number of oxime groups is 2. The normalized spacial score (nSPS) is 11.6. The van der Waals surface area contributed by atoms with Crippen LogP contribution in [0.25, 0.3) is 6.08 Å². The molecule has 0 aliphatic heterocycles. The van der Waals surface area contributed by atoms with Crippen LogP contribution in [0.4, 0.5) is 0 Å². The van der Waals surface area contributed by atoms with Crippen molar-refractivity contribution in [1.82, 2.24) is 5.32 Å². The van der Waals surface area contributed by atoms with Gasteiger partial charge in [-0.25, -0.2) is 0 Å². The first-order valence-electron chi connectivity index (χ1n) is 8.67. The van der Waals surface area contributed by atoms with Crippen LogP contribution >= 0.6 is 23.2 Å². The second-order valence-corrected chi connectivity index (χ2v) is 6.87. The third-order valence-electron chi connectivity index (χ3n) is 3.92. The fourth-order valence-electron chi connectivity index (χ4n) is 2.50. The highest BCUT2D eigenvalue weighted by Crippen LogP contribution is 2.16. The number of hydrogen-bond donors (Lipinski definition) is 1. The summed E-state index contributed by atoms with van der Waals surface area (Å²) >= 11 is 11.3. The van der Waals surface area contributed by atoms with Crippen LogP contribution < -0.4 is 5.32 Å². The van der Waals surface area contributed by atoms with Crippen molar-refractivity contribution >= 4 is 46.6 Å². The molecule has 1 N–H and O–H groups in total. The molecule has 2 rings (SSSR count). The summed E-state index contributed by atoms with van der Waals surface area (Å²) in [6.45, 7) is 2.00. The molecule has 2 aromatic rings. The molecule has 0 bridgehead atoms. The lowest BCUT2D eigenvalue weighted by Gasteiger charge is -2.10. The first kappa shape index (κ1) is 22.5. The van der Waals surface area contributed by atoms with E-state index in [9.17, 15) is 4.79 Å². The smallest absolute Gasteiger partial charge is 0.273 e. The van der Waals surface area contributed by atoms with Crippen LogP contribution in [0.5, 0.6) is 0 Å². The Bertz CT molecular complexity index is 934. The molecule has 0 heterocycles. The summed E-state index contributed by atoms with van der Waals surface area (Å²) in [7, 11) is 2.92. The summed E-state index contributed by atoms with van der Waals surface area (Å²) in [4.78, 5) is 22.4. The Morgan fingerprint density at radius 2 is 1.79 bits per heavy atom. The Balaban J connectivity index is 2.15. The van der Waals surface area contributed by atoms with Crippen LogP contribution in [-0.2, 0) is 21.1 Å². The fourth-order valence-corrected chi connectivity index (χ4v) is 2.75. The summed E-state index contributed by atoms with van der Waals surface area (Å²) in [6.07, 6.45) is 1.65. The van der Waals surface area contributed by atoms with Gasteiger partial charge in [-0.2, -0.15) is 0 Å². The zero-order chi connectivity index (χ0) is 21.2. The largest absolute Gasteiger partial charge is 0.398 e. The van der Waals surface area contributed by atoms with Crippen LogP contribution in [0.15, 0.2) is 63.3 Å². The number of rotatable bonds is 8. The number of nitrogens with one attached hydrogen (secondary N) is 1. The van der Waals surface area contributed by atoms with Crippen LogP contribution in [0, 0.1) is 0 Å². The summed E-state index contributed by atoms with van der Waals surface area (Å²) in [6, 6.07) is 14.8. The molecule has 152 valence electrons. The zero-order valence-electron chi connectivity index (χ0n) is 16.3. The first-order chi connectivity index (χ1) is 14.0. The zero-order valence-corrected chi connectivity index (χ0v) is 17.8. The Morgan fingerprint density at radius 1 is 1.10 bits per heavy atom.